The van der Waals surface area contributed by atoms with Crippen LogP contribution in [-0.4, -0.2) is 17.6 Å². The standard InChI is InChI=1S/C15H17NO4/c1-2-3-6-14(17)16-11-15(18,12-7-9-19-10-12)13-5-4-8-20-13/h2,4-5,7-10,18H,1,3,6,11H2,(H,16,17). The summed E-state index contributed by atoms with van der Waals surface area (Å²) in [6.45, 7) is 3.58. The SMILES string of the molecule is C=CCCC(=O)NCC(O)(c1ccoc1)c1ccco1. The van der Waals surface area contributed by atoms with Crippen LogP contribution in [0.25, 0.3) is 0 Å². The summed E-state index contributed by atoms with van der Waals surface area (Å²) in [6.07, 6.45) is 6.97. The highest BCUT2D eigenvalue weighted by atomic mass is 16.4. The molecule has 2 heterocycles. The van der Waals surface area contributed by atoms with E-state index in [9.17, 15) is 9.90 Å². The van der Waals surface area contributed by atoms with Crippen molar-refractivity contribution in [2.45, 2.75) is 18.4 Å². The third-order valence-corrected chi connectivity index (χ3v) is 3.04. The summed E-state index contributed by atoms with van der Waals surface area (Å²) < 4.78 is 10.3. The number of carbonyl (C=O) groups is 1. The zero-order valence-electron chi connectivity index (χ0n) is 11.0. The second-order valence-electron chi connectivity index (χ2n) is 4.45. The van der Waals surface area contributed by atoms with Crippen LogP contribution in [0.5, 0.6) is 0 Å². The maximum Gasteiger partial charge on any atom is 0.220 e. The Kier molecular flexibility index (Phi) is 4.42. The van der Waals surface area contributed by atoms with Crippen LogP contribution >= 0.6 is 0 Å². The molecule has 0 bridgehead atoms. The van der Waals surface area contributed by atoms with Gasteiger partial charge in [-0.2, -0.15) is 0 Å². The molecule has 0 aliphatic heterocycles. The first-order valence-corrected chi connectivity index (χ1v) is 6.33. The van der Waals surface area contributed by atoms with Gasteiger partial charge in [-0.15, -0.1) is 6.58 Å². The number of nitrogens with one attached hydrogen (secondary N) is 1. The Labute approximate surface area is 116 Å². The van der Waals surface area contributed by atoms with E-state index in [1.54, 1.807) is 24.3 Å². The van der Waals surface area contributed by atoms with E-state index in [1.807, 2.05) is 0 Å². The Morgan fingerprint density at radius 1 is 1.45 bits per heavy atom. The lowest BCUT2D eigenvalue weighted by Crippen LogP contribution is -2.41. The van der Waals surface area contributed by atoms with Gasteiger partial charge in [-0.25, -0.2) is 0 Å². The molecule has 1 atom stereocenters. The van der Waals surface area contributed by atoms with E-state index >= 15 is 0 Å². The van der Waals surface area contributed by atoms with E-state index in [-0.39, 0.29) is 12.5 Å². The largest absolute Gasteiger partial charge is 0.472 e. The first-order valence-electron chi connectivity index (χ1n) is 6.33. The van der Waals surface area contributed by atoms with E-state index in [0.29, 0.717) is 24.2 Å². The van der Waals surface area contributed by atoms with Gasteiger partial charge in [0.15, 0.2) is 5.60 Å². The number of rotatable bonds is 7. The van der Waals surface area contributed by atoms with Crippen molar-refractivity contribution in [3.05, 3.63) is 61.0 Å². The predicted octanol–water partition coefficient (Wildman–Crippen LogP) is 2.19. The minimum Gasteiger partial charge on any atom is -0.472 e. The summed E-state index contributed by atoms with van der Waals surface area (Å²) in [5.41, 5.74) is -0.920. The van der Waals surface area contributed by atoms with Gasteiger partial charge < -0.3 is 19.3 Å². The molecule has 5 nitrogen and oxygen atoms in total. The summed E-state index contributed by atoms with van der Waals surface area (Å²) in [6, 6.07) is 4.97. The molecule has 2 N–H and O–H groups in total. The number of hydrogen-bond acceptors (Lipinski definition) is 4. The van der Waals surface area contributed by atoms with Crippen LogP contribution in [0, 0.1) is 0 Å². The van der Waals surface area contributed by atoms with Crippen molar-refractivity contribution in [3.8, 4) is 0 Å². The molecule has 0 fully saturated rings. The molecular formula is C15H17NO4. The average Bonchev–Trinajstić information content (AvgIpc) is 3.14. The smallest absolute Gasteiger partial charge is 0.220 e. The number of carbonyl (C=O) groups excluding carboxylic acids is 1. The number of furan rings is 2. The number of hydrogen-bond donors (Lipinski definition) is 2. The highest BCUT2D eigenvalue weighted by molar-refractivity contribution is 5.76. The van der Waals surface area contributed by atoms with Gasteiger partial charge in [0.1, 0.15) is 5.76 Å². The van der Waals surface area contributed by atoms with Gasteiger partial charge in [-0.3, -0.25) is 4.79 Å². The van der Waals surface area contributed by atoms with Crippen molar-refractivity contribution in [1.29, 1.82) is 0 Å². The molecule has 0 aromatic carbocycles. The molecule has 1 amide bonds. The zero-order chi connectivity index (χ0) is 14.4. The Morgan fingerprint density at radius 2 is 2.30 bits per heavy atom. The fourth-order valence-electron chi connectivity index (χ4n) is 1.89. The maximum absolute atomic E-state index is 11.7. The highest BCUT2D eigenvalue weighted by Crippen LogP contribution is 2.29. The molecule has 5 heteroatoms. The molecule has 0 saturated heterocycles. The van der Waals surface area contributed by atoms with E-state index in [2.05, 4.69) is 11.9 Å². The fourth-order valence-corrected chi connectivity index (χ4v) is 1.89. The lowest BCUT2D eigenvalue weighted by atomic mass is 9.93. The topological polar surface area (TPSA) is 75.6 Å². The molecule has 0 saturated carbocycles. The molecule has 106 valence electrons. The lowest BCUT2D eigenvalue weighted by Gasteiger charge is -2.25. The molecule has 0 aliphatic carbocycles. The van der Waals surface area contributed by atoms with Gasteiger partial charge in [0.05, 0.1) is 25.3 Å². The van der Waals surface area contributed by atoms with Crippen LogP contribution in [0.4, 0.5) is 0 Å². The molecule has 0 aliphatic rings. The molecule has 2 rings (SSSR count). The monoisotopic (exact) mass is 275 g/mol. The van der Waals surface area contributed by atoms with Gasteiger partial charge in [0.25, 0.3) is 0 Å². The Hall–Kier alpha value is -2.27. The Balaban J connectivity index is 2.13. The Bertz CT molecular complexity index is 508. The van der Waals surface area contributed by atoms with E-state index in [4.69, 9.17) is 8.83 Å². The normalized spacial score (nSPS) is 13.7. The molecular weight excluding hydrogens is 258 g/mol. The third kappa shape index (κ3) is 3.00. The maximum atomic E-state index is 11.7. The quantitative estimate of drug-likeness (QED) is 0.759. The highest BCUT2D eigenvalue weighted by Gasteiger charge is 2.35. The molecule has 2 aromatic rings. The van der Waals surface area contributed by atoms with Crippen LogP contribution in [0.3, 0.4) is 0 Å². The first-order chi connectivity index (χ1) is 9.66. The van der Waals surface area contributed by atoms with Crippen LogP contribution < -0.4 is 5.32 Å². The van der Waals surface area contributed by atoms with Crippen molar-refractivity contribution in [2.24, 2.45) is 0 Å². The average molecular weight is 275 g/mol. The molecule has 2 aromatic heterocycles. The van der Waals surface area contributed by atoms with Gasteiger partial charge in [0, 0.05) is 12.0 Å². The van der Waals surface area contributed by atoms with Crippen LogP contribution in [0.15, 0.2) is 58.5 Å². The second kappa shape index (κ2) is 6.25. The summed E-state index contributed by atoms with van der Waals surface area (Å²) in [5, 5.41) is 13.5. The van der Waals surface area contributed by atoms with E-state index < -0.39 is 5.60 Å². The fraction of sp³-hybridized carbons (Fsp3) is 0.267. The summed E-state index contributed by atoms with van der Waals surface area (Å²) in [5.74, 6) is 0.196. The number of aliphatic hydroxyl groups is 1. The summed E-state index contributed by atoms with van der Waals surface area (Å²) in [4.78, 5) is 11.7. The zero-order valence-corrected chi connectivity index (χ0v) is 11.0. The van der Waals surface area contributed by atoms with Crippen molar-refractivity contribution < 1.29 is 18.7 Å². The van der Waals surface area contributed by atoms with Gasteiger partial charge in [0.2, 0.25) is 5.91 Å². The van der Waals surface area contributed by atoms with Crippen LogP contribution in [-0.2, 0) is 10.4 Å². The van der Waals surface area contributed by atoms with E-state index in [1.165, 1.54) is 18.8 Å². The first kappa shape index (κ1) is 14.1. The van der Waals surface area contributed by atoms with Crippen molar-refractivity contribution >= 4 is 5.91 Å². The van der Waals surface area contributed by atoms with Gasteiger partial charge in [-0.1, -0.05) is 6.08 Å². The third-order valence-electron chi connectivity index (χ3n) is 3.04. The minimum absolute atomic E-state index is 0.00994. The summed E-state index contributed by atoms with van der Waals surface area (Å²) in [7, 11) is 0. The minimum atomic E-state index is -1.44. The second-order valence-corrected chi connectivity index (χ2v) is 4.45. The van der Waals surface area contributed by atoms with Crippen molar-refractivity contribution in [1.82, 2.24) is 5.32 Å². The molecule has 1 unspecified atom stereocenters. The van der Waals surface area contributed by atoms with Crippen molar-refractivity contribution in [3.63, 3.8) is 0 Å². The molecule has 0 spiro atoms. The van der Waals surface area contributed by atoms with Crippen molar-refractivity contribution in [2.75, 3.05) is 6.54 Å². The lowest BCUT2D eigenvalue weighted by molar-refractivity contribution is -0.122. The Morgan fingerprint density at radius 3 is 2.90 bits per heavy atom. The molecule has 0 radical (unpaired) electrons. The summed E-state index contributed by atoms with van der Waals surface area (Å²) >= 11 is 0. The molecule has 20 heavy (non-hydrogen) atoms. The van der Waals surface area contributed by atoms with Crippen LogP contribution in [0.1, 0.15) is 24.2 Å². The van der Waals surface area contributed by atoms with E-state index in [0.717, 1.165) is 0 Å². The van der Waals surface area contributed by atoms with Gasteiger partial charge >= 0.3 is 0 Å². The van der Waals surface area contributed by atoms with Crippen LogP contribution in [0.2, 0.25) is 0 Å². The number of amides is 1. The predicted molar refractivity (Wildman–Crippen MR) is 72.9 cm³/mol. The number of allylic oxidation sites excluding steroid dienone is 1. The van der Waals surface area contributed by atoms with Gasteiger partial charge in [-0.05, 0) is 24.6 Å².